The summed E-state index contributed by atoms with van der Waals surface area (Å²) in [6.45, 7) is 2.64. The van der Waals surface area contributed by atoms with Crippen molar-refractivity contribution < 1.29 is 14.3 Å². The number of carbonyl (C=O) groups excluding carboxylic acids is 1. The minimum absolute atomic E-state index is 0.306. The molecule has 0 saturated carbocycles. The molecule has 0 bridgehead atoms. The maximum absolute atomic E-state index is 12.8. The Hall–Kier alpha value is -3.61. The number of aromatic nitrogens is 2. The largest absolute Gasteiger partial charge is 0.493 e. The van der Waals surface area contributed by atoms with E-state index in [1.54, 1.807) is 13.3 Å². The van der Waals surface area contributed by atoms with Crippen LogP contribution in [0.25, 0.3) is 5.69 Å². The van der Waals surface area contributed by atoms with E-state index in [0.717, 1.165) is 48.2 Å². The van der Waals surface area contributed by atoms with E-state index in [-0.39, 0.29) is 5.91 Å². The number of hydrazone groups is 1. The maximum Gasteiger partial charge on any atom is 0.292 e. The zero-order chi connectivity index (χ0) is 21.6. The van der Waals surface area contributed by atoms with Gasteiger partial charge in [-0.2, -0.15) is 10.2 Å². The molecule has 0 fully saturated rings. The van der Waals surface area contributed by atoms with Crippen molar-refractivity contribution >= 4 is 12.1 Å². The molecule has 7 nitrogen and oxygen atoms in total. The highest BCUT2D eigenvalue weighted by Gasteiger charge is 2.26. The van der Waals surface area contributed by atoms with E-state index in [2.05, 4.69) is 15.6 Å². The van der Waals surface area contributed by atoms with Crippen LogP contribution in [0, 0.1) is 0 Å². The third-order valence-corrected chi connectivity index (χ3v) is 5.18. The van der Waals surface area contributed by atoms with E-state index >= 15 is 0 Å². The summed E-state index contributed by atoms with van der Waals surface area (Å²) in [6.07, 6.45) is 5.28. The molecule has 7 heteroatoms. The van der Waals surface area contributed by atoms with Crippen LogP contribution in [0.2, 0.25) is 0 Å². The average Bonchev–Trinajstić information content (AvgIpc) is 3.41. The van der Waals surface area contributed by atoms with E-state index in [1.165, 1.54) is 0 Å². The molecule has 0 aliphatic heterocycles. The minimum atomic E-state index is -0.306. The molecule has 3 aromatic rings. The summed E-state index contributed by atoms with van der Waals surface area (Å²) in [5.74, 6) is 1.01. The quantitative estimate of drug-likeness (QED) is 0.444. The van der Waals surface area contributed by atoms with Gasteiger partial charge in [0.15, 0.2) is 17.2 Å². The van der Waals surface area contributed by atoms with Crippen LogP contribution in [0.3, 0.4) is 0 Å². The number of hydrogen-bond acceptors (Lipinski definition) is 5. The van der Waals surface area contributed by atoms with Gasteiger partial charge in [-0.3, -0.25) is 4.79 Å². The highest BCUT2D eigenvalue weighted by atomic mass is 16.5. The molecular formula is C24H26N4O3. The molecule has 1 amide bonds. The van der Waals surface area contributed by atoms with E-state index < -0.39 is 0 Å². The summed E-state index contributed by atoms with van der Waals surface area (Å²) in [5, 5.41) is 8.72. The van der Waals surface area contributed by atoms with Gasteiger partial charge >= 0.3 is 0 Å². The molecule has 0 radical (unpaired) electrons. The lowest BCUT2D eigenvalue weighted by atomic mass is 10.2. The third kappa shape index (κ3) is 4.45. The number of benzene rings is 2. The van der Waals surface area contributed by atoms with Gasteiger partial charge in [0.2, 0.25) is 0 Å². The molecule has 160 valence electrons. The molecular weight excluding hydrogens is 392 g/mol. The normalized spacial score (nSPS) is 12.7. The van der Waals surface area contributed by atoms with Gasteiger partial charge < -0.3 is 9.47 Å². The zero-order valence-corrected chi connectivity index (χ0v) is 17.8. The maximum atomic E-state index is 12.8. The van der Waals surface area contributed by atoms with Crippen LogP contribution < -0.4 is 14.9 Å². The van der Waals surface area contributed by atoms with Crippen LogP contribution in [0.15, 0.2) is 53.6 Å². The number of fused-ring (bicyclic) bond motifs is 1. The molecule has 1 aliphatic carbocycles. The summed E-state index contributed by atoms with van der Waals surface area (Å²) in [4.78, 5) is 12.8. The first-order chi connectivity index (χ1) is 15.2. The van der Waals surface area contributed by atoms with Gasteiger partial charge in [-0.05, 0) is 61.6 Å². The van der Waals surface area contributed by atoms with Gasteiger partial charge in [0.05, 0.1) is 25.6 Å². The molecule has 0 atom stereocenters. The molecule has 1 N–H and O–H groups in total. The van der Waals surface area contributed by atoms with Gasteiger partial charge in [0, 0.05) is 11.3 Å². The van der Waals surface area contributed by atoms with Crippen LogP contribution in [0.5, 0.6) is 11.5 Å². The van der Waals surface area contributed by atoms with Gasteiger partial charge in [0.25, 0.3) is 5.91 Å². The van der Waals surface area contributed by atoms with Gasteiger partial charge in [-0.15, -0.1) is 0 Å². The summed E-state index contributed by atoms with van der Waals surface area (Å²) in [7, 11) is 1.61. The Morgan fingerprint density at radius 2 is 2.03 bits per heavy atom. The van der Waals surface area contributed by atoms with E-state index in [0.29, 0.717) is 23.8 Å². The number of nitrogens with zero attached hydrogens (tertiary/aromatic N) is 3. The predicted molar refractivity (Wildman–Crippen MR) is 119 cm³/mol. The van der Waals surface area contributed by atoms with Crippen molar-refractivity contribution in [2.24, 2.45) is 5.10 Å². The highest BCUT2D eigenvalue weighted by molar-refractivity contribution is 5.95. The highest BCUT2D eigenvalue weighted by Crippen LogP contribution is 2.28. The van der Waals surface area contributed by atoms with Crippen molar-refractivity contribution in [3.05, 3.63) is 71.0 Å². The number of carbonyl (C=O) groups is 1. The van der Waals surface area contributed by atoms with Crippen molar-refractivity contribution in [3.8, 4) is 17.2 Å². The second kappa shape index (κ2) is 9.47. The first-order valence-electron chi connectivity index (χ1n) is 10.5. The Labute approximate surface area is 181 Å². The third-order valence-electron chi connectivity index (χ3n) is 5.18. The van der Waals surface area contributed by atoms with Gasteiger partial charge in [-0.25, -0.2) is 10.1 Å². The van der Waals surface area contributed by atoms with Crippen LogP contribution in [-0.4, -0.2) is 35.6 Å². The predicted octanol–water partition coefficient (Wildman–Crippen LogP) is 3.92. The Bertz CT molecular complexity index is 1090. The smallest absolute Gasteiger partial charge is 0.292 e. The van der Waals surface area contributed by atoms with Crippen LogP contribution in [0.4, 0.5) is 0 Å². The number of methoxy groups -OCH3 is 1. The molecule has 1 heterocycles. The molecule has 31 heavy (non-hydrogen) atoms. The molecule has 2 aromatic carbocycles. The lowest BCUT2D eigenvalue weighted by molar-refractivity contribution is 0.0949. The Kier molecular flexibility index (Phi) is 6.31. The summed E-state index contributed by atoms with van der Waals surface area (Å²) < 4.78 is 12.9. The van der Waals surface area contributed by atoms with E-state index in [9.17, 15) is 4.79 Å². The van der Waals surface area contributed by atoms with Crippen molar-refractivity contribution in [2.75, 3.05) is 13.7 Å². The first-order valence-corrected chi connectivity index (χ1v) is 10.5. The number of nitrogens with one attached hydrogen (secondary N) is 1. The zero-order valence-electron chi connectivity index (χ0n) is 17.8. The lowest BCUT2D eigenvalue weighted by Crippen LogP contribution is -2.20. The van der Waals surface area contributed by atoms with Crippen LogP contribution in [0.1, 0.15) is 47.1 Å². The molecule has 0 spiro atoms. The summed E-state index contributed by atoms with van der Waals surface area (Å²) in [5.41, 5.74) is 6.93. The molecule has 4 rings (SSSR count). The minimum Gasteiger partial charge on any atom is -0.493 e. The van der Waals surface area contributed by atoms with E-state index in [1.807, 2.05) is 60.1 Å². The van der Waals surface area contributed by atoms with Crippen molar-refractivity contribution in [2.45, 2.75) is 32.6 Å². The fourth-order valence-corrected chi connectivity index (χ4v) is 3.72. The van der Waals surface area contributed by atoms with Crippen molar-refractivity contribution in [3.63, 3.8) is 0 Å². The summed E-state index contributed by atoms with van der Waals surface area (Å²) in [6, 6.07) is 15.4. The van der Waals surface area contributed by atoms with Crippen LogP contribution in [-0.2, 0) is 12.8 Å². The SMILES string of the molecule is CCCOc1cc(/C=N/NC(=O)c2nn(-c3ccccc3)c3c2CCC3)ccc1OC. The van der Waals surface area contributed by atoms with Gasteiger partial charge in [0.1, 0.15) is 0 Å². The number of rotatable bonds is 8. The monoisotopic (exact) mass is 418 g/mol. The average molecular weight is 418 g/mol. The fraction of sp³-hybridized carbons (Fsp3) is 0.292. The second-order valence-corrected chi connectivity index (χ2v) is 7.33. The van der Waals surface area contributed by atoms with Gasteiger partial charge in [-0.1, -0.05) is 25.1 Å². The Morgan fingerprint density at radius 1 is 1.19 bits per heavy atom. The molecule has 0 saturated heterocycles. The van der Waals surface area contributed by atoms with E-state index in [4.69, 9.17) is 9.47 Å². The standard InChI is InChI=1S/C24H26N4O3/c1-3-14-31-22-15-17(12-13-21(22)30-2)16-25-26-24(29)23-19-10-7-11-20(19)28(27-23)18-8-5-4-6-9-18/h4-6,8-9,12-13,15-16H,3,7,10-11,14H2,1-2H3,(H,26,29)/b25-16+. The number of hydrogen-bond donors (Lipinski definition) is 1. The van der Waals surface area contributed by atoms with Crippen molar-refractivity contribution in [1.29, 1.82) is 0 Å². The van der Waals surface area contributed by atoms with Crippen molar-refractivity contribution in [1.82, 2.24) is 15.2 Å². The number of amides is 1. The molecule has 1 aromatic heterocycles. The number of ether oxygens (including phenoxy) is 2. The molecule has 1 aliphatic rings. The first kappa shape index (κ1) is 20.7. The molecule has 0 unspecified atom stereocenters. The fourth-order valence-electron chi connectivity index (χ4n) is 3.72. The number of para-hydroxylation sites is 1. The van der Waals surface area contributed by atoms with Crippen LogP contribution >= 0.6 is 0 Å². The lowest BCUT2D eigenvalue weighted by Gasteiger charge is -2.10. The Balaban J connectivity index is 1.50. The second-order valence-electron chi connectivity index (χ2n) is 7.33. The summed E-state index contributed by atoms with van der Waals surface area (Å²) >= 11 is 0. The Morgan fingerprint density at radius 3 is 2.81 bits per heavy atom. The topological polar surface area (TPSA) is 77.7 Å².